The molecule has 0 bridgehead atoms. The van der Waals surface area contributed by atoms with Crippen LogP contribution in [0.1, 0.15) is 36.7 Å². The zero-order valence-corrected chi connectivity index (χ0v) is 14.0. The Balaban J connectivity index is 2.29. The molecule has 1 heterocycles. The number of rotatable bonds is 5. The number of aliphatic hydroxyl groups excluding tert-OH is 1. The van der Waals surface area contributed by atoms with Crippen LogP contribution >= 0.6 is 11.6 Å². The van der Waals surface area contributed by atoms with Crippen LogP contribution in [-0.2, 0) is 4.74 Å². The lowest BCUT2D eigenvalue weighted by Gasteiger charge is -2.25. The standard InChI is InChI=1S/C17H19ClN2O3/c1-17(2,3)23-16(22)20-13-10-19-14(18)9-12(13)15(21)11-7-5-4-6-8-11/h4-10,16,20,22H,1-3H3. The maximum Gasteiger partial charge on any atom is 0.235 e. The number of halogens is 1. The van der Waals surface area contributed by atoms with Crippen molar-refractivity contribution in [2.75, 3.05) is 5.32 Å². The van der Waals surface area contributed by atoms with Crippen molar-refractivity contribution in [2.24, 2.45) is 0 Å². The molecule has 5 nitrogen and oxygen atoms in total. The molecule has 0 radical (unpaired) electrons. The Bertz CT molecular complexity index is 684. The molecule has 0 aliphatic heterocycles. The number of pyridine rings is 1. The van der Waals surface area contributed by atoms with Crippen molar-refractivity contribution in [3.05, 3.63) is 58.9 Å². The minimum absolute atomic E-state index is 0.195. The van der Waals surface area contributed by atoms with E-state index in [0.717, 1.165) is 0 Å². The van der Waals surface area contributed by atoms with E-state index in [1.54, 1.807) is 24.3 Å². The summed E-state index contributed by atoms with van der Waals surface area (Å²) in [4.78, 5) is 16.6. The molecule has 0 saturated carbocycles. The van der Waals surface area contributed by atoms with Gasteiger partial charge in [-0.3, -0.25) is 4.79 Å². The summed E-state index contributed by atoms with van der Waals surface area (Å²) in [6.07, 6.45) is 0.119. The van der Waals surface area contributed by atoms with Gasteiger partial charge in [0.25, 0.3) is 0 Å². The van der Waals surface area contributed by atoms with Crippen LogP contribution in [0.3, 0.4) is 0 Å². The highest BCUT2D eigenvalue weighted by Gasteiger charge is 2.20. The van der Waals surface area contributed by atoms with Crippen molar-refractivity contribution in [3.63, 3.8) is 0 Å². The maximum absolute atomic E-state index is 12.6. The Labute approximate surface area is 140 Å². The second-order valence-corrected chi connectivity index (χ2v) is 6.36. The normalized spacial score (nSPS) is 12.7. The van der Waals surface area contributed by atoms with Gasteiger partial charge in [0.1, 0.15) is 5.15 Å². The molecular formula is C17H19ClN2O3. The second-order valence-electron chi connectivity index (χ2n) is 5.97. The van der Waals surface area contributed by atoms with Crippen LogP contribution in [0.4, 0.5) is 5.69 Å². The largest absolute Gasteiger partial charge is 0.351 e. The minimum Gasteiger partial charge on any atom is -0.351 e. The quantitative estimate of drug-likeness (QED) is 0.497. The Morgan fingerprint density at radius 1 is 1.30 bits per heavy atom. The summed E-state index contributed by atoms with van der Waals surface area (Å²) < 4.78 is 5.38. The lowest BCUT2D eigenvalue weighted by molar-refractivity contribution is -0.148. The van der Waals surface area contributed by atoms with Gasteiger partial charge in [-0.2, -0.15) is 0 Å². The van der Waals surface area contributed by atoms with E-state index in [0.29, 0.717) is 16.8 Å². The second kappa shape index (κ2) is 7.08. The number of hydrogen-bond donors (Lipinski definition) is 2. The molecule has 23 heavy (non-hydrogen) atoms. The average molecular weight is 335 g/mol. The lowest BCUT2D eigenvalue weighted by Crippen LogP contribution is -2.33. The highest BCUT2D eigenvalue weighted by atomic mass is 35.5. The van der Waals surface area contributed by atoms with Gasteiger partial charge in [-0.25, -0.2) is 4.98 Å². The average Bonchev–Trinajstić information content (AvgIpc) is 2.47. The van der Waals surface area contributed by atoms with Gasteiger partial charge in [0.15, 0.2) is 5.78 Å². The van der Waals surface area contributed by atoms with Crippen LogP contribution in [0.5, 0.6) is 0 Å². The van der Waals surface area contributed by atoms with Gasteiger partial charge in [-0.15, -0.1) is 0 Å². The number of ether oxygens (including phenoxy) is 1. The lowest BCUT2D eigenvalue weighted by atomic mass is 10.0. The fourth-order valence-electron chi connectivity index (χ4n) is 1.98. The van der Waals surface area contributed by atoms with Gasteiger partial charge < -0.3 is 15.2 Å². The Morgan fingerprint density at radius 2 is 1.96 bits per heavy atom. The van der Waals surface area contributed by atoms with Gasteiger partial charge >= 0.3 is 0 Å². The molecule has 1 aromatic heterocycles. The van der Waals surface area contributed by atoms with Gasteiger partial charge in [-0.1, -0.05) is 41.9 Å². The van der Waals surface area contributed by atoms with Crippen molar-refractivity contribution in [3.8, 4) is 0 Å². The summed E-state index contributed by atoms with van der Waals surface area (Å²) in [5.74, 6) is -0.222. The Morgan fingerprint density at radius 3 is 2.57 bits per heavy atom. The predicted molar refractivity (Wildman–Crippen MR) is 89.6 cm³/mol. The van der Waals surface area contributed by atoms with E-state index in [4.69, 9.17) is 16.3 Å². The first kappa shape index (κ1) is 17.4. The number of nitrogens with one attached hydrogen (secondary N) is 1. The number of nitrogens with zero attached hydrogens (tertiary/aromatic N) is 1. The molecule has 0 saturated heterocycles. The first-order valence-corrected chi connectivity index (χ1v) is 7.52. The summed E-state index contributed by atoms with van der Waals surface area (Å²) in [6, 6.07) is 10.3. The van der Waals surface area contributed by atoms with Crippen molar-refractivity contribution in [1.29, 1.82) is 0 Å². The van der Waals surface area contributed by atoms with E-state index >= 15 is 0 Å². The van der Waals surface area contributed by atoms with E-state index in [9.17, 15) is 9.90 Å². The Kier molecular flexibility index (Phi) is 5.36. The summed E-state index contributed by atoms with van der Waals surface area (Å²) in [5, 5.41) is 12.9. The number of aliphatic hydroxyl groups is 1. The number of hydrogen-bond acceptors (Lipinski definition) is 5. The van der Waals surface area contributed by atoms with Crippen molar-refractivity contribution in [2.45, 2.75) is 32.8 Å². The number of aromatic nitrogens is 1. The highest BCUT2D eigenvalue weighted by Crippen LogP contribution is 2.23. The molecule has 1 aromatic carbocycles. The molecule has 0 spiro atoms. The predicted octanol–water partition coefficient (Wildman–Crippen LogP) is 3.47. The topological polar surface area (TPSA) is 71.5 Å². The summed E-state index contributed by atoms with van der Waals surface area (Å²) in [6.45, 7) is 5.44. The summed E-state index contributed by atoms with van der Waals surface area (Å²) >= 11 is 5.91. The van der Waals surface area contributed by atoms with Gasteiger partial charge in [-0.05, 0) is 26.8 Å². The minimum atomic E-state index is -1.28. The first-order valence-electron chi connectivity index (χ1n) is 7.14. The molecule has 0 fully saturated rings. The Hall–Kier alpha value is -1.95. The molecule has 2 rings (SSSR count). The maximum atomic E-state index is 12.6. The zero-order chi connectivity index (χ0) is 17.0. The van der Waals surface area contributed by atoms with Gasteiger partial charge in [0.2, 0.25) is 6.41 Å². The van der Waals surface area contributed by atoms with Crippen LogP contribution in [0.2, 0.25) is 5.15 Å². The number of ketones is 1. The van der Waals surface area contributed by atoms with Crippen molar-refractivity contribution in [1.82, 2.24) is 4.98 Å². The van der Waals surface area contributed by atoms with Crippen LogP contribution < -0.4 is 5.32 Å². The summed E-state index contributed by atoms with van der Waals surface area (Å²) in [5.41, 5.74) is 0.632. The zero-order valence-electron chi connectivity index (χ0n) is 13.2. The third-order valence-corrected chi connectivity index (χ3v) is 3.10. The van der Waals surface area contributed by atoms with E-state index in [2.05, 4.69) is 10.3 Å². The van der Waals surface area contributed by atoms with E-state index < -0.39 is 12.0 Å². The van der Waals surface area contributed by atoms with Gasteiger partial charge in [0.05, 0.1) is 23.0 Å². The molecule has 0 amide bonds. The molecule has 1 atom stereocenters. The van der Waals surface area contributed by atoms with Crippen LogP contribution in [0.25, 0.3) is 0 Å². The molecule has 2 N–H and O–H groups in total. The van der Waals surface area contributed by atoms with Crippen LogP contribution in [-0.4, -0.2) is 27.9 Å². The first-order chi connectivity index (χ1) is 10.8. The molecule has 2 aromatic rings. The molecule has 0 aliphatic rings. The van der Waals surface area contributed by atoms with Crippen LogP contribution in [0.15, 0.2) is 42.6 Å². The highest BCUT2D eigenvalue weighted by molar-refractivity contribution is 6.30. The number of anilines is 1. The number of benzene rings is 1. The van der Waals surface area contributed by atoms with E-state index in [1.165, 1.54) is 12.3 Å². The molecular weight excluding hydrogens is 316 g/mol. The van der Waals surface area contributed by atoms with Gasteiger partial charge in [0, 0.05) is 5.56 Å². The number of carbonyl (C=O) groups is 1. The molecule has 6 heteroatoms. The van der Waals surface area contributed by atoms with E-state index in [-0.39, 0.29) is 10.9 Å². The fourth-order valence-corrected chi connectivity index (χ4v) is 2.13. The fraction of sp³-hybridized carbons (Fsp3) is 0.294. The SMILES string of the molecule is CC(C)(C)OC(O)Nc1cnc(Cl)cc1C(=O)c1ccccc1. The van der Waals surface area contributed by atoms with E-state index in [1.807, 2.05) is 26.8 Å². The van der Waals surface area contributed by atoms with Crippen LogP contribution in [0, 0.1) is 0 Å². The number of carbonyl (C=O) groups excluding carboxylic acids is 1. The van der Waals surface area contributed by atoms with Crippen molar-refractivity contribution < 1.29 is 14.6 Å². The van der Waals surface area contributed by atoms with Crippen molar-refractivity contribution >= 4 is 23.1 Å². The monoisotopic (exact) mass is 334 g/mol. The third kappa shape index (κ3) is 5.03. The third-order valence-electron chi connectivity index (χ3n) is 2.90. The molecule has 0 aliphatic carbocycles. The smallest absolute Gasteiger partial charge is 0.235 e. The molecule has 122 valence electrons. The summed E-state index contributed by atoms with van der Waals surface area (Å²) in [7, 11) is 0. The molecule has 1 unspecified atom stereocenters.